The van der Waals surface area contributed by atoms with Gasteiger partial charge in [0.2, 0.25) is 15.9 Å². The van der Waals surface area contributed by atoms with Gasteiger partial charge in [0, 0.05) is 19.2 Å². The molecule has 0 aliphatic heterocycles. The largest absolute Gasteiger partial charge is 0.388 e. The Morgan fingerprint density at radius 2 is 1.68 bits per heavy atom. The quantitative estimate of drug-likeness (QED) is 0.569. The van der Waals surface area contributed by atoms with Crippen LogP contribution in [-0.4, -0.2) is 26.0 Å². The van der Waals surface area contributed by atoms with Crippen LogP contribution in [0.3, 0.4) is 0 Å². The standard InChI is InChI=1S/C21H22N2O4S/c1-15(24)23-17-9-11-18(12-10-17)28(26,27)22-14-13-21(25)20-8-4-6-16-5-2-3-7-19(16)20/h2-12,21-22,25H,13-14H2,1H3,(H,23,24). The number of rotatable bonds is 7. The summed E-state index contributed by atoms with van der Waals surface area (Å²) in [7, 11) is -3.70. The lowest BCUT2D eigenvalue weighted by atomic mass is 9.99. The number of hydrogen-bond donors (Lipinski definition) is 3. The molecule has 0 aliphatic rings. The number of sulfonamides is 1. The zero-order valence-electron chi connectivity index (χ0n) is 15.4. The van der Waals surface area contributed by atoms with E-state index in [-0.39, 0.29) is 23.8 Å². The second-order valence-electron chi connectivity index (χ2n) is 6.48. The minimum atomic E-state index is -3.70. The Bertz CT molecular complexity index is 1070. The zero-order chi connectivity index (χ0) is 20.1. The third-order valence-electron chi connectivity index (χ3n) is 4.38. The first kappa shape index (κ1) is 20.0. The van der Waals surface area contributed by atoms with E-state index in [4.69, 9.17) is 0 Å². The third-order valence-corrected chi connectivity index (χ3v) is 5.85. The van der Waals surface area contributed by atoms with Gasteiger partial charge in [-0.2, -0.15) is 0 Å². The fourth-order valence-electron chi connectivity index (χ4n) is 3.03. The number of nitrogens with one attached hydrogen (secondary N) is 2. The molecule has 28 heavy (non-hydrogen) atoms. The van der Waals surface area contributed by atoms with Crippen LogP contribution < -0.4 is 10.0 Å². The summed E-state index contributed by atoms with van der Waals surface area (Å²) in [6.07, 6.45) is -0.534. The summed E-state index contributed by atoms with van der Waals surface area (Å²) in [4.78, 5) is 11.1. The molecule has 146 valence electrons. The molecule has 3 aromatic carbocycles. The highest BCUT2D eigenvalue weighted by atomic mass is 32.2. The molecule has 1 amide bonds. The van der Waals surface area contributed by atoms with Crippen molar-refractivity contribution in [1.29, 1.82) is 0 Å². The van der Waals surface area contributed by atoms with Gasteiger partial charge in [0.1, 0.15) is 0 Å². The van der Waals surface area contributed by atoms with Crippen LogP contribution in [-0.2, 0) is 14.8 Å². The first-order chi connectivity index (χ1) is 13.4. The van der Waals surface area contributed by atoms with Crippen molar-refractivity contribution in [2.75, 3.05) is 11.9 Å². The number of carbonyl (C=O) groups is 1. The topological polar surface area (TPSA) is 95.5 Å². The Labute approximate surface area is 164 Å². The van der Waals surface area contributed by atoms with E-state index < -0.39 is 16.1 Å². The summed E-state index contributed by atoms with van der Waals surface area (Å²) in [5, 5.41) is 15.1. The summed E-state index contributed by atoms with van der Waals surface area (Å²) < 4.78 is 27.3. The summed E-state index contributed by atoms with van der Waals surface area (Å²) >= 11 is 0. The molecule has 0 saturated heterocycles. The Hall–Kier alpha value is -2.74. The summed E-state index contributed by atoms with van der Waals surface area (Å²) in [5.74, 6) is -0.226. The molecule has 7 heteroatoms. The molecular weight excluding hydrogens is 376 g/mol. The molecule has 3 rings (SSSR count). The van der Waals surface area contributed by atoms with Crippen molar-refractivity contribution in [3.05, 3.63) is 72.3 Å². The van der Waals surface area contributed by atoms with Gasteiger partial charge >= 0.3 is 0 Å². The number of hydrogen-bond acceptors (Lipinski definition) is 4. The van der Waals surface area contributed by atoms with Crippen LogP contribution in [0.1, 0.15) is 25.0 Å². The van der Waals surface area contributed by atoms with Crippen molar-refractivity contribution in [3.63, 3.8) is 0 Å². The van der Waals surface area contributed by atoms with Gasteiger partial charge in [-0.05, 0) is 47.0 Å². The second-order valence-corrected chi connectivity index (χ2v) is 8.24. The first-order valence-electron chi connectivity index (χ1n) is 8.90. The van der Waals surface area contributed by atoms with Gasteiger partial charge in [0.15, 0.2) is 0 Å². The van der Waals surface area contributed by atoms with Crippen molar-refractivity contribution in [3.8, 4) is 0 Å². The molecule has 3 aromatic rings. The van der Waals surface area contributed by atoms with E-state index in [1.165, 1.54) is 31.2 Å². The Morgan fingerprint density at radius 3 is 2.39 bits per heavy atom. The number of benzene rings is 3. The van der Waals surface area contributed by atoms with Gasteiger partial charge in [0.05, 0.1) is 11.0 Å². The van der Waals surface area contributed by atoms with E-state index in [0.29, 0.717) is 5.69 Å². The van der Waals surface area contributed by atoms with Gasteiger partial charge in [0.25, 0.3) is 0 Å². The lowest BCUT2D eigenvalue weighted by Gasteiger charge is -2.14. The lowest BCUT2D eigenvalue weighted by Crippen LogP contribution is -2.26. The maximum Gasteiger partial charge on any atom is 0.240 e. The van der Waals surface area contributed by atoms with Crippen molar-refractivity contribution >= 4 is 32.4 Å². The third kappa shape index (κ3) is 4.75. The van der Waals surface area contributed by atoms with Gasteiger partial charge < -0.3 is 10.4 Å². The first-order valence-corrected chi connectivity index (χ1v) is 10.4. The number of aliphatic hydroxyl groups excluding tert-OH is 1. The molecule has 0 bridgehead atoms. The smallest absolute Gasteiger partial charge is 0.240 e. The fourth-order valence-corrected chi connectivity index (χ4v) is 4.08. The Morgan fingerprint density at radius 1 is 1.00 bits per heavy atom. The van der Waals surface area contributed by atoms with Crippen LogP contribution in [0.15, 0.2) is 71.6 Å². The van der Waals surface area contributed by atoms with Crippen LogP contribution in [0.5, 0.6) is 0 Å². The molecule has 3 N–H and O–H groups in total. The zero-order valence-corrected chi connectivity index (χ0v) is 16.2. The number of fused-ring (bicyclic) bond motifs is 1. The van der Waals surface area contributed by atoms with E-state index in [9.17, 15) is 18.3 Å². The van der Waals surface area contributed by atoms with Crippen molar-refractivity contribution in [2.45, 2.75) is 24.3 Å². The van der Waals surface area contributed by atoms with E-state index in [0.717, 1.165) is 16.3 Å². The molecule has 6 nitrogen and oxygen atoms in total. The van der Waals surface area contributed by atoms with Crippen LogP contribution in [0.2, 0.25) is 0 Å². The number of amides is 1. The van der Waals surface area contributed by atoms with Crippen LogP contribution in [0, 0.1) is 0 Å². The average molecular weight is 398 g/mol. The highest BCUT2D eigenvalue weighted by Crippen LogP contribution is 2.26. The second kappa shape index (κ2) is 8.52. The SMILES string of the molecule is CC(=O)Nc1ccc(S(=O)(=O)NCCC(O)c2cccc3ccccc23)cc1. The highest BCUT2D eigenvalue weighted by molar-refractivity contribution is 7.89. The lowest BCUT2D eigenvalue weighted by molar-refractivity contribution is -0.114. The van der Waals surface area contributed by atoms with Crippen LogP contribution in [0.25, 0.3) is 10.8 Å². The van der Waals surface area contributed by atoms with Crippen LogP contribution in [0.4, 0.5) is 5.69 Å². The molecule has 0 saturated carbocycles. The van der Waals surface area contributed by atoms with Crippen molar-refractivity contribution < 1.29 is 18.3 Å². The maximum atomic E-state index is 12.4. The average Bonchev–Trinajstić information content (AvgIpc) is 2.67. The molecule has 1 atom stereocenters. The van der Waals surface area contributed by atoms with Crippen molar-refractivity contribution in [1.82, 2.24) is 4.72 Å². The summed E-state index contributed by atoms with van der Waals surface area (Å²) in [5.41, 5.74) is 1.30. The van der Waals surface area contributed by atoms with E-state index in [2.05, 4.69) is 10.0 Å². The normalized spacial score (nSPS) is 12.6. The van der Waals surface area contributed by atoms with Gasteiger partial charge in [-0.15, -0.1) is 0 Å². The Kier molecular flexibility index (Phi) is 6.08. The molecular formula is C21H22N2O4S. The fraction of sp³-hybridized carbons (Fsp3) is 0.190. The number of aliphatic hydroxyl groups is 1. The van der Waals surface area contributed by atoms with Gasteiger partial charge in [-0.1, -0.05) is 42.5 Å². The predicted molar refractivity (Wildman–Crippen MR) is 109 cm³/mol. The minimum absolute atomic E-state index is 0.0974. The Balaban J connectivity index is 1.64. The monoisotopic (exact) mass is 398 g/mol. The van der Waals surface area contributed by atoms with E-state index in [1.807, 2.05) is 42.5 Å². The van der Waals surface area contributed by atoms with Crippen LogP contribution >= 0.6 is 0 Å². The molecule has 0 spiro atoms. The molecule has 1 unspecified atom stereocenters. The van der Waals surface area contributed by atoms with Crippen molar-refractivity contribution in [2.24, 2.45) is 0 Å². The molecule has 0 fully saturated rings. The van der Waals surface area contributed by atoms with Gasteiger partial charge in [-0.25, -0.2) is 13.1 Å². The number of carbonyl (C=O) groups excluding carboxylic acids is 1. The molecule has 0 heterocycles. The van der Waals surface area contributed by atoms with E-state index in [1.54, 1.807) is 0 Å². The molecule has 0 radical (unpaired) electrons. The summed E-state index contributed by atoms with van der Waals surface area (Å²) in [6.45, 7) is 1.48. The van der Waals surface area contributed by atoms with E-state index >= 15 is 0 Å². The molecule has 0 aromatic heterocycles. The predicted octanol–water partition coefficient (Wildman–Crippen LogP) is 3.20. The molecule has 0 aliphatic carbocycles. The highest BCUT2D eigenvalue weighted by Gasteiger charge is 2.16. The summed E-state index contributed by atoms with van der Waals surface area (Å²) in [6, 6.07) is 19.4. The minimum Gasteiger partial charge on any atom is -0.388 e. The van der Waals surface area contributed by atoms with Gasteiger partial charge in [-0.3, -0.25) is 4.79 Å². The number of anilines is 1. The maximum absolute atomic E-state index is 12.4.